The Bertz CT molecular complexity index is 664. The van der Waals surface area contributed by atoms with E-state index in [0.29, 0.717) is 17.1 Å². The number of aromatic nitrogens is 1. The molecule has 1 aromatic heterocycles. The van der Waals surface area contributed by atoms with Crippen LogP contribution in [0.15, 0.2) is 29.6 Å². The molecule has 1 aromatic carbocycles. The van der Waals surface area contributed by atoms with Gasteiger partial charge < -0.3 is 10.4 Å². The van der Waals surface area contributed by atoms with Crippen LogP contribution >= 0.6 is 11.3 Å². The Hall–Kier alpha value is -2.21. The minimum absolute atomic E-state index is 0.0123. The minimum atomic E-state index is -1.06. The van der Waals surface area contributed by atoms with Gasteiger partial charge in [0.1, 0.15) is 5.01 Å². The Morgan fingerprint density at radius 2 is 2.05 bits per heavy atom. The van der Waals surface area contributed by atoms with Crippen LogP contribution in [0.3, 0.4) is 0 Å². The zero-order valence-corrected chi connectivity index (χ0v) is 12.6. The number of aromatic carboxylic acids is 1. The highest BCUT2D eigenvalue weighted by atomic mass is 32.1. The molecule has 0 atom stereocenters. The Morgan fingerprint density at radius 1 is 1.33 bits per heavy atom. The van der Waals surface area contributed by atoms with Crippen LogP contribution in [-0.2, 0) is 4.79 Å². The predicted molar refractivity (Wildman–Crippen MR) is 82.6 cm³/mol. The Labute approximate surface area is 126 Å². The van der Waals surface area contributed by atoms with Gasteiger partial charge in [-0.25, -0.2) is 9.78 Å². The van der Waals surface area contributed by atoms with E-state index in [0.717, 1.165) is 5.56 Å². The van der Waals surface area contributed by atoms with Crippen molar-refractivity contribution >= 4 is 28.9 Å². The second-order valence-electron chi connectivity index (χ2n) is 5.03. The van der Waals surface area contributed by atoms with Gasteiger partial charge in [0.2, 0.25) is 5.91 Å². The molecule has 6 heteroatoms. The molecule has 0 fully saturated rings. The van der Waals surface area contributed by atoms with E-state index in [1.54, 1.807) is 6.07 Å². The fraction of sp³-hybridized carbons (Fsp3) is 0.267. The van der Waals surface area contributed by atoms with E-state index in [1.165, 1.54) is 16.7 Å². The molecule has 0 saturated carbocycles. The van der Waals surface area contributed by atoms with Crippen molar-refractivity contribution in [2.24, 2.45) is 5.92 Å². The van der Waals surface area contributed by atoms with Gasteiger partial charge in [0, 0.05) is 17.4 Å². The number of carbonyl (C=O) groups excluding carboxylic acids is 1. The Kier molecular flexibility index (Phi) is 4.70. The molecule has 0 bridgehead atoms. The smallest absolute Gasteiger partial charge is 0.355 e. The molecule has 110 valence electrons. The van der Waals surface area contributed by atoms with Crippen LogP contribution in [0.2, 0.25) is 0 Å². The third-order valence-corrected chi connectivity index (χ3v) is 3.62. The molecule has 1 amide bonds. The normalized spacial score (nSPS) is 10.6. The first kappa shape index (κ1) is 15.2. The molecule has 2 aromatic rings. The van der Waals surface area contributed by atoms with Gasteiger partial charge in [-0.05, 0) is 18.1 Å². The first-order chi connectivity index (χ1) is 9.97. The van der Waals surface area contributed by atoms with Crippen molar-refractivity contribution in [3.05, 3.63) is 35.3 Å². The minimum Gasteiger partial charge on any atom is -0.476 e. The number of carbonyl (C=O) groups is 2. The topological polar surface area (TPSA) is 79.3 Å². The number of amides is 1. The average molecular weight is 304 g/mol. The number of rotatable bonds is 5. The number of anilines is 1. The molecule has 0 saturated heterocycles. The van der Waals surface area contributed by atoms with Crippen LogP contribution < -0.4 is 5.32 Å². The van der Waals surface area contributed by atoms with E-state index < -0.39 is 5.97 Å². The summed E-state index contributed by atoms with van der Waals surface area (Å²) in [5, 5.41) is 13.9. The molecule has 0 aliphatic carbocycles. The highest BCUT2D eigenvalue weighted by Gasteiger charge is 2.14. The SMILES string of the molecule is CC(C)CC(=O)Nc1ccccc1-c1nc(C(=O)O)cs1. The maximum Gasteiger partial charge on any atom is 0.355 e. The quantitative estimate of drug-likeness (QED) is 0.886. The third-order valence-electron chi connectivity index (χ3n) is 2.75. The van der Waals surface area contributed by atoms with Crippen molar-refractivity contribution in [3.8, 4) is 10.6 Å². The fourth-order valence-electron chi connectivity index (χ4n) is 1.85. The summed E-state index contributed by atoms with van der Waals surface area (Å²) in [5.74, 6) is -0.845. The van der Waals surface area contributed by atoms with Crippen molar-refractivity contribution in [2.75, 3.05) is 5.32 Å². The van der Waals surface area contributed by atoms with Crippen molar-refractivity contribution in [3.63, 3.8) is 0 Å². The molecular weight excluding hydrogens is 288 g/mol. The first-order valence-electron chi connectivity index (χ1n) is 6.55. The lowest BCUT2D eigenvalue weighted by atomic mass is 10.1. The lowest BCUT2D eigenvalue weighted by Crippen LogP contribution is -2.14. The molecule has 5 nitrogen and oxygen atoms in total. The number of carboxylic acids is 1. The molecule has 2 rings (SSSR count). The van der Waals surface area contributed by atoms with Crippen LogP contribution in [0.1, 0.15) is 30.8 Å². The molecular formula is C15H16N2O3S. The van der Waals surface area contributed by atoms with Gasteiger partial charge >= 0.3 is 5.97 Å². The predicted octanol–water partition coefficient (Wildman–Crippen LogP) is 3.49. The van der Waals surface area contributed by atoms with Crippen molar-refractivity contribution in [2.45, 2.75) is 20.3 Å². The highest BCUT2D eigenvalue weighted by Crippen LogP contribution is 2.30. The monoisotopic (exact) mass is 304 g/mol. The van der Waals surface area contributed by atoms with Crippen LogP contribution in [0.4, 0.5) is 5.69 Å². The zero-order valence-electron chi connectivity index (χ0n) is 11.8. The highest BCUT2D eigenvalue weighted by molar-refractivity contribution is 7.13. The maximum absolute atomic E-state index is 11.9. The van der Waals surface area contributed by atoms with Crippen molar-refractivity contribution in [1.29, 1.82) is 0 Å². The summed E-state index contributed by atoms with van der Waals surface area (Å²) in [4.78, 5) is 26.9. The summed E-state index contributed by atoms with van der Waals surface area (Å²) in [7, 11) is 0. The molecule has 0 aliphatic rings. The van der Waals surface area contributed by atoms with E-state index in [-0.39, 0.29) is 17.5 Å². The largest absolute Gasteiger partial charge is 0.476 e. The average Bonchev–Trinajstić information content (AvgIpc) is 2.88. The zero-order chi connectivity index (χ0) is 15.4. The Morgan fingerprint density at radius 3 is 2.67 bits per heavy atom. The standard InChI is InChI=1S/C15H16N2O3S/c1-9(2)7-13(18)16-11-6-4-3-5-10(11)14-17-12(8-21-14)15(19)20/h3-6,8-9H,7H2,1-2H3,(H,16,18)(H,19,20). The van der Waals surface area contributed by atoms with Gasteiger partial charge in [-0.1, -0.05) is 26.0 Å². The van der Waals surface area contributed by atoms with E-state index >= 15 is 0 Å². The van der Waals surface area contributed by atoms with Gasteiger partial charge in [0.15, 0.2) is 5.69 Å². The van der Waals surface area contributed by atoms with Gasteiger partial charge in [-0.2, -0.15) is 0 Å². The summed E-state index contributed by atoms with van der Waals surface area (Å²) in [6.07, 6.45) is 0.437. The summed E-state index contributed by atoms with van der Waals surface area (Å²) in [6, 6.07) is 7.25. The number of thiazole rings is 1. The number of benzene rings is 1. The van der Waals surface area contributed by atoms with Crippen molar-refractivity contribution in [1.82, 2.24) is 4.98 Å². The van der Waals surface area contributed by atoms with E-state index in [2.05, 4.69) is 10.3 Å². The van der Waals surface area contributed by atoms with Gasteiger partial charge in [0.05, 0.1) is 5.69 Å². The number of nitrogens with one attached hydrogen (secondary N) is 1. The van der Waals surface area contributed by atoms with Gasteiger partial charge in [0.25, 0.3) is 0 Å². The van der Waals surface area contributed by atoms with Crippen LogP contribution in [0.5, 0.6) is 0 Å². The molecule has 21 heavy (non-hydrogen) atoms. The second kappa shape index (κ2) is 6.49. The summed E-state index contributed by atoms with van der Waals surface area (Å²) < 4.78 is 0. The second-order valence-corrected chi connectivity index (χ2v) is 5.89. The van der Waals surface area contributed by atoms with Crippen LogP contribution in [0, 0.1) is 5.92 Å². The molecule has 0 radical (unpaired) electrons. The Balaban J connectivity index is 2.27. The van der Waals surface area contributed by atoms with E-state index in [9.17, 15) is 9.59 Å². The number of hydrogen-bond donors (Lipinski definition) is 2. The van der Waals surface area contributed by atoms with Crippen molar-refractivity contribution < 1.29 is 14.7 Å². The molecule has 2 N–H and O–H groups in total. The molecule has 0 spiro atoms. The number of nitrogens with zero attached hydrogens (tertiary/aromatic N) is 1. The summed E-state index contributed by atoms with van der Waals surface area (Å²) >= 11 is 1.24. The van der Waals surface area contributed by atoms with E-state index in [4.69, 9.17) is 5.11 Å². The third kappa shape index (κ3) is 3.88. The number of hydrogen-bond acceptors (Lipinski definition) is 4. The first-order valence-corrected chi connectivity index (χ1v) is 7.43. The summed E-state index contributed by atoms with van der Waals surface area (Å²) in [6.45, 7) is 3.96. The molecule has 1 heterocycles. The van der Waals surface area contributed by atoms with Gasteiger partial charge in [-0.15, -0.1) is 11.3 Å². The maximum atomic E-state index is 11.9. The number of carboxylic acid groups (broad SMARTS) is 1. The van der Waals surface area contributed by atoms with E-state index in [1.807, 2.05) is 32.0 Å². The lowest BCUT2D eigenvalue weighted by Gasteiger charge is -2.10. The molecule has 0 aliphatic heterocycles. The number of para-hydroxylation sites is 1. The van der Waals surface area contributed by atoms with Crippen LogP contribution in [-0.4, -0.2) is 22.0 Å². The van der Waals surface area contributed by atoms with Gasteiger partial charge in [-0.3, -0.25) is 4.79 Å². The summed E-state index contributed by atoms with van der Waals surface area (Å²) in [5.41, 5.74) is 1.39. The van der Waals surface area contributed by atoms with Crippen LogP contribution in [0.25, 0.3) is 10.6 Å². The molecule has 0 unspecified atom stereocenters. The lowest BCUT2D eigenvalue weighted by molar-refractivity contribution is -0.116. The fourth-order valence-corrected chi connectivity index (χ4v) is 2.68.